The Kier molecular flexibility index (Phi) is 3.81. The monoisotopic (exact) mass is 309 g/mol. The summed E-state index contributed by atoms with van der Waals surface area (Å²) < 4.78 is 11.8. The van der Waals surface area contributed by atoms with Gasteiger partial charge in [-0.3, -0.25) is 4.79 Å². The summed E-state index contributed by atoms with van der Waals surface area (Å²) in [6.07, 6.45) is 0.756. The maximum Gasteiger partial charge on any atom is 0.232 e. The number of ether oxygens (including phenoxy) is 1. The van der Waals surface area contributed by atoms with Gasteiger partial charge in [0.05, 0.1) is 11.3 Å². The van der Waals surface area contributed by atoms with E-state index in [-0.39, 0.29) is 6.61 Å². The van der Waals surface area contributed by atoms with Gasteiger partial charge in [-0.15, -0.1) is 0 Å². The van der Waals surface area contributed by atoms with Crippen LogP contribution in [0.15, 0.2) is 27.1 Å². The number of halogens is 1. The van der Waals surface area contributed by atoms with E-state index in [0.717, 1.165) is 22.2 Å². The van der Waals surface area contributed by atoms with Gasteiger partial charge < -0.3 is 9.15 Å². The Morgan fingerprint density at radius 3 is 2.83 bits per heavy atom. The van der Waals surface area contributed by atoms with Gasteiger partial charge in [-0.25, -0.2) is 4.98 Å². The number of aryl methyl sites for hydroxylation is 2. The molecule has 0 N–H and O–H groups in total. The molecule has 1 heterocycles. The minimum atomic E-state index is 0.206. The van der Waals surface area contributed by atoms with Crippen LogP contribution in [0, 0.1) is 13.8 Å². The second-order valence-corrected chi connectivity index (χ2v) is 4.75. The van der Waals surface area contributed by atoms with Gasteiger partial charge in [-0.1, -0.05) is 15.9 Å². The van der Waals surface area contributed by atoms with Gasteiger partial charge in [0.15, 0.2) is 12.9 Å². The van der Waals surface area contributed by atoms with Crippen molar-refractivity contribution in [3.8, 4) is 5.75 Å². The van der Waals surface area contributed by atoms with Crippen LogP contribution in [0.2, 0.25) is 0 Å². The molecule has 0 saturated heterocycles. The Morgan fingerprint density at radius 2 is 2.22 bits per heavy atom. The fraction of sp³-hybridized carbons (Fsp3) is 0.231. The van der Waals surface area contributed by atoms with Crippen LogP contribution in [0.25, 0.3) is 0 Å². The van der Waals surface area contributed by atoms with Crippen LogP contribution >= 0.6 is 15.9 Å². The van der Waals surface area contributed by atoms with Crippen molar-refractivity contribution in [2.24, 2.45) is 0 Å². The van der Waals surface area contributed by atoms with Crippen LogP contribution in [0.3, 0.4) is 0 Å². The third-order valence-electron chi connectivity index (χ3n) is 2.52. The van der Waals surface area contributed by atoms with Crippen LogP contribution < -0.4 is 4.74 Å². The molecule has 0 amide bonds. The van der Waals surface area contributed by atoms with Gasteiger partial charge in [-0.05, 0) is 32.0 Å². The molecule has 0 bridgehead atoms. The Hall–Kier alpha value is -1.62. The summed E-state index contributed by atoms with van der Waals surface area (Å²) in [7, 11) is 0. The van der Waals surface area contributed by atoms with E-state index < -0.39 is 0 Å². The molecule has 0 aliphatic carbocycles. The van der Waals surface area contributed by atoms with E-state index in [1.165, 1.54) is 0 Å². The number of nitrogens with zero attached hydrogens (tertiary/aromatic N) is 1. The van der Waals surface area contributed by atoms with Crippen LogP contribution in [-0.4, -0.2) is 11.3 Å². The zero-order valence-electron chi connectivity index (χ0n) is 10.1. The second-order valence-electron chi connectivity index (χ2n) is 3.84. The van der Waals surface area contributed by atoms with Crippen molar-refractivity contribution in [3.63, 3.8) is 0 Å². The summed E-state index contributed by atoms with van der Waals surface area (Å²) in [4.78, 5) is 15.1. The summed E-state index contributed by atoms with van der Waals surface area (Å²) in [5.74, 6) is 1.80. The number of hydrogen-bond donors (Lipinski definition) is 0. The van der Waals surface area contributed by atoms with Crippen LogP contribution in [0.5, 0.6) is 5.75 Å². The summed E-state index contributed by atoms with van der Waals surface area (Å²) in [5, 5.41) is 0. The fourth-order valence-electron chi connectivity index (χ4n) is 1.48. The molecular formula is C13H12BrNO3. The van der Waals surface area contributed by atoms with E-state index in [1.807, 2.05) is 19.9 Å². The lowest BCUT2D eigenvalue weighted by Gasteiger charge is -2.06. The predicted molar refractivity (Wildman–Crippen MR) is 69.8 cm³/mol. The molecule has 2 aromatic rings. The molecule has 2 rings (SSSR count). The highest BCUT2D eigenvalue weighted by atomic mass is 79.9. The molecule has 94 valence electrons. The lowest BCUT2D eigenvalue weighted by atomic mass is 10.2. The summed E-state index contributed by atoms with van der Waals surface area (Å²) >= 11 is 3.30. The molecule has 5 heteroatoms. The highest BCUT2D eigenvalue weighted by molar-refractivity contribution is 9.10. The molecule has 0 saturated carbocycles. The lowest BCUT2D eigenvalue weighted by molar-refractivity contribution is 0.111. The lowest BCUT2D eigenvalue weighted by Crippen LogP contribution is -1.98. The number of benzene rings is 1. The number of carbonyl (C=O) groups excluding carboxylic acids is 1. The Bertz CT molecular complexity index is 558. The Labute approximate surface area is 113 Å². The standard InChI is InChI=1S/C13H12BrNO3/c1-8-9(2)18-13(15-8)7-17-12-4-3-11(14)5-10(12)6-16/h3-6H,7H2,1-2H3. The summed E-state index contributed by atoms with van der Waals surface area (Å²) in [6.45, 7) is 3.93. The van der Waals surface area contributed by atoms with Gasteiger partial charge in [0.25, 0.3) is 0 Å². The van der Waals surface area contributed by atoms with E-state index in [0.29, 0.717) is 17.2 Å². The van der Waals surface area contributed by atoms with Gasteiger partial charge in [-0.2, -0.15) is 0 Å². The van der Waals surface area contributed by atoms with E-state index in [4.69, 9.17) is 9.15 Å². The van der Waals surface area contributed by atoms with Crippen molar-refractivity contribution < 1.29 is 13.9 Å². The average Bonchev–Trinajstić information content (AvgIpc) is 2.67. The number of carbonyl (C=O) groups is 1. The zero-order chi connectivity index (χ0) is 13.1. The zero-order valence-corrected chi connectivity index (χ0v) is 11.7. The molecule has 18 heavy (non-hydrogen) atoms. The number of rotatable bonds is 4. The molecule has 0 radical (unpaired) electrons. The number of oxazole rings is 1. The third kappa shape index (κ3) is 2.79. The van der Waals surface area contributed by atoms with Gasteiger partial charge in [0.2, 0.25) is 5.89 Å². The maximum absolute atomic E-state index is 10.9. The predicted octanol–water partition coefficient (Wildman–Crippen LogP) is 3.45. The molecule has 1 aromatic heterocycles. The van der Waals surface area contributed by atoms with Gasteiger partial charge in [0, 0.05) is 4.47 Å². The van der Waals surface area contributed by atoms with E-state index in [2.05, 4.69) is 20.9 Å². The number of aromatic nitrogens is 1. The van der Waals surface area contributed by atoms with Crippen molar-refractivity contribution in [2.75, 3.05) is 0 Å². The maximum atomic E-state index is 10.9. The second kappa shape index (κ2) is 5.35. The molecule has 1 aromatic carbocycles. The third-order valence-corrected chi connectivity index (χ3v) is 3.02. The molecular weight excluding hydrogens is 298 g/mol. The van der Waals surface area contributed by atoms with Crippen molar-refractivity contribution >= 4 is 22.2 Å². The smallest absolute Gasteiger partial charge is 0.232 e. The van der Waals surface area contributed by atoms with Gasteiger partial charge in [0.1, 0.15) is 11.5 Å². The highest BCUT2D eigenvalue weighted by Gasteiger charge is 2.08. The van der Waals surface area contributed by atoms with E-state index in [1.54, 1.807) is 12.1 Å². The topological polar surface area (TPSA) is 52.3 Å². The van der Waals surface area contributed by atoms with E-state index in [9.17, 15) is 4.79 Å². The van der Waals surface area contributed by atoms with E-state index >= 15 is 0 Å². The number of hydrogen-bond acceptors (Lipinski definition) is 4. The molecule has 4 nitrogen and oxygen atoms in total. The van der Waals surface area contributed by atoms with Crippen LogP contribution in [0.1, 0.15) is 27.7 Å². The molecule has 0 spiro atoms. The van der Waals surface area contributed by atoms with Gasteiger partial charge >= 0.3 is 0 Å². The summed E-state index contributed by atoms with van der Waals surface area (Å²) in [5.41, 5.74) is 1.34. The largest absolute Gasteiger partial charge is 0.483 e. The fourth-order valence-corrected chi connectivity index (χ4v) is 1.86. The Balaban J connectivity index is 2.12. The number of aldehydes is 1. The van der Waals surface area contributed by atoms with Crippen LogP contribution in [0.4, 0.5) is 0 Å². The SMILES string of the molecule is Cc1nc(COc2ccc(Br)cc2C=O)oc1C. The molecule has 0 fully saturated rings. The normalized spacial score (nSPS) is 10.4. The molecule has 0 atom stereocenters. The average molecular weight is 310 g/mol. The first-order valence-corrected chi connectivity index (χ1v) is 6.20. The summed E-state index contributed by atoms with van der Waals surface area (Å²) in [6, 6.07) is 5.25. The molecule has 0 aliphatic heterocycles. The van der Waals surface area contributed by atoms with Crippen molar-refractivity contribution in [2.45, 2.75) is 20.5 Å². The Morgan fingerprint density at radius 1 is 1.44 bits per heavy atom. The quantitative estimate of drug-likeness (QED) is 0.812. The minimum Gasteiger partial charge on any atom is -0.483 e. The van der Waals surface area contributed by atoms with Crippen molar-refractivity contribution in [1.82, 2.24) is 4.98 Å². The van der Waals surface area contributed by atoms with Crippen molar-refractivity contribution in [3.05, 3.63) is 45.6 Å². The first-order chi connectivity index (χ1) is 8.60. The highest BCUT2D eigenvalue weighted by Crippen LogP contribution is 2.22. The minimum absolute atomic E-state index is 0.206. The van der Waals surface area contributed by atoms with Crippen LogP contribution in [-0.2, 0) is 6.61 Å². The molecule has 0 aliphatic rings. The first-order valence-electron chi connectivity index (χ1n) is 5.40. The van der Waals surface area contributed by atoms with Crippen molar-refractivity contribution in [1.29, 1.82) is 0 Å². The molecule has 0 unspecified atom stereocenters. The first kappa shape index (κ1) is 12.8.